The minimum Gasteiger partial charge on any atom is -0.462 e. The van der Waals surface area contributed by atoms with Gasteiger partial charge in [-0.2, -0.15) is 0 Å². The molecular weight excluding hydrogens is 761 g/mol. The van der Waals surface area contributed by atoms with Crippen LogP contribution >= 0.6 is 0 Å². The molecule has 8 atom stereocenters. The van der Waals surface area contributed by atoms with Gasteiger partial charge < -0.3 is 14.5 Å². The third-order valence-corrected chi connectivity index (χ3v) is 17.7. The van der Waals surface area contributed by atoms with Gasteiger partial charge in [0, 0.05) is 32.4 Å². The number of unbranched alkanes of at least 4 members (excludes halogenated alkanes) is 16. The molecule has 0 aromatic carbocycles. The lowest BCUT2D eigenvalue weighted by atomic mass is 9.47. The van der Waals surface area contributed by atoms with E-state index in [4.69, 9.17) is 4.74 Å². The summed E-state index contributed by atoms with van der Waals surface area (Å²) in [6, 6.07) is 0. The molecule has 3 fully saturated rings. The third kappa shape index (κ3) is 16.8. The van der Waals surface area contributed by atoms with Crippen LogP contribution < -0.4 is 0 Å². The van der Waals surface area contributed by atoms with Gasteiger partial charge in [-0.15, -0.1) is 0 Å². The van der Waals surface area contributed by atoms with Crippen molar-refractivity contribution in [3.8, 4) is 0 Å². The SMILES string of the molecule is CCCCCCCCCCCCCCCCCCN(CCCN(C)CC)C(=O)CCCCC(=O)OC1CCC2(C)C(=CCC3C2CCC2(C)C(C(C)CCCC(C)C)CCC32)C1. The summed E-state index contributed by atoms with van der Waals surface area (Å²) in [7, 11) is 2.17. The fraction of sp³-hybridized carbons (Fsp3) is 0.930. The quantitative estimate of drug-likeness (QED) is 0.0375. The van der Waals surface area contributed by atoms with E-state index >= 15 is 0 Å². The molecule has 4 rings (SSSR count). The molecule has 0 heterocycles. The molecule has 0 bridgehead atoms. The molecule has 5 nitrogen and oxygen atoms in total. The summed E-state index contributed by atoms with van der Waals surface area (Å²) >= 11 is 0. The van der Waals surface area contributed by atoms with Crippen LogP contribution in [0.15, 0.2) is 11.6 Å². The van der Waals surface area contributed by atoms with Crippen LogP contribution in [0.3, 0.4) is 0 Å². The number of hydrogen-bond donors (Lipinski definition) is 0. The lowest BCUT2D eigenvalue weighted by molar-refractivity contribution is -0.151. The van der Waals surface area contributed by atoms with E-state index < -0.39 is 0 Å². The smallest absolute Gasteiger partial charge is 0.306 e. The highest BCUT2D eigenvalue weighted by Crippen LogP contribution is 2.67. The van der Waals surface area contributed by atoms with Crippen LogP contribution in [-0.2, 0) is 14.3 Å². The fourth-order valence-corrected chi connectivity index (χ4v) is 13.6. The highest BCUT2D eigenvalue weighted by Gasteiger charge is 2.59. The van der Waals surface area contributed by atoms with Crippen LogP contribution in [0.1, 0.15) is 254 Å². The number of nitrogens with zero attached hydrogens (tertiary/aromatic N) is 2. The maximum absolute atomic E-state index is 13.5. The molecule has 360 valence electrons. The van der Waals surface area contributed by atoms with Gasteiger partial charge in [-0.3, -0.25) is 9.59 Å². The first-order valence-corrected chi connectivity index (χ1v) is 27.8. The van der Waals surface area contributed by atoms with Crippen molar-refractivity contribution in [1.82, 2.24) is 9.80 Å². The Kier molecular flexibility index (Phi) is 24.6. The standard InChI is InChI=1S/C57H104N2O3/c1-9-11-12-13-14-15-16-17-18-19-20-21-22-23-24-27-43-59(44-29-42-58(8)10-2)54(60)32-25-26-33-55(61)62-49-38-40-56(6)48(45-49)34-35-50-52-37-36-51(47(5)31-28-30-46(3)4)57(52,7)41-39-53(50)56/h34,46-47,49-53H,9-33,35-45H2,1-8H3. The number of carbonyl (C=O) groups is 2. The summed E-state index contributed by atoms with van der Waals surface area (Å²) in [6.07, 6.45) is 42.2. The summed E-state index contributed by atoms with van der Waals surface area (Å²) in [4.78, 5) is 31.1. The molecule has 4 aliphatic rings. The predicted octanol–water partition coefficient (Wildman–Crippen LogP) is 15.9. The van der Waals surface area contributed by atoms with E-state index in [0.717, 1.165) is 107 Å². The van der Waals surface area contributed by atoms with Crippen molar-refractivity contribution >= 4 is 11.9 Å². The van der Waals surface area contributed by atoms with Crippen LogP contribution in [0.25, 0.3) is 0 Å². The number of ether oxygens (including phenoxy) is 1. The van der Waals surface area contributed by atoms with Gasteiger partial charge in [0.15, 0.2) is 0 Å². The van der Waals surface area contributed by atoms with Crippen LogP contribution in [0, 0.1) is 46.3 Å². The van der Waals surface area contributed by atoms with Crippen molar-refractivity contribution < 1.29 is 14.3 Å². The van der Waals surface area contributed by atoms with Crippen molar-refractivity contribution in [2.45, 2.75) is 260 Å². The molecule has 0 aromatic heterocycles. The van der Waals surface area contributed by atoms with Crippen molar-refractivity contribution in [1.29, 1.82) is 0 Å². The number of rotatable bonds is 33. The third-order valence-electron chi connectivity index (χ3n) is 17.7. The molecule has 0 saturated heterocycles. The number of amides is 1. The average molecular weight is 865 g/mol. The first-order chi connectivity index (χ1) is 29.9. The summed E-state index contributed by atoms with van der Waals surface area (Å²) < 4.78 is 6.20. The van der Waals surface area contributed by atoms with Crippen LogP contribution in [-0.4, -0.2) is 61.0 Å². The molecule has 0 radical (unpaired) electrons. The highest BCUT2D eigenvalue weighted by molar-refractivity contribution is 5.76. The van der Waals surface area contributed by atoms with Gasteiger partial charge in [-0.25, -0.2) is 0 Å². The summed E-state index contributed by atoms with van der Waals surface area (Å²) in [5.41, 5.74) is 2.40. The van der Waals surface area contributed by atoms with Crippen molar-refractivity contribution in [2.75, 3.05) is 33.2 Å². The van der Waals surface area contributed by atoms with Crippen molar-refractivity contribution in [3.63, 3.8) is 0 Å². The van der Waals surface area contributed by atoms with Gasteiger partial charge in [0.05, 0.1) is 0 Å². The van der Waals surface area contributed by atoms with Gasteiger partial charge in [0.25, 0.3) is 0 Å². The van der Waals surface area contributed by atoms with Gasteiger partial charge in [-0.05, 0) is 137 Å². The Labute approximate surface area is 385 Å². The topological polar surface area (TPSA) is 49.9 Å². The van der Waals surface area contributed by atoms with E-state index in [-0.39, 0.29) is 23.4 Å². The molecule has 62 heavy (non-hydrogen) atoms. The largest absolute Gasteiger partial charge is 0.462 e. The second-order valence-electron chi connectivity index (χ2n) is 22.8. The first-order valence-electron chi connectivity index (χ1n) is 27.8. The summed E-state index contributed by atoms with van der Waals surface area (Å²) in [6.45, 7) is 20.9. The Balaban J connectivity index is 1.11. The van der Waals surface area contributed by atoms with Crippen LogP contribution in [0.4, 0.5) is 0 Å². The van der Waals surface area contributed by atoms with E-state index in [1.54, 1.807) is 5.57 Å². The zero-order chi connectivity index (χ0) is 44.8. The molecule has 3 saturated carbocycles. The van der Waals surface area contributed by atoms with Gasteiger partial charge in [0.1, 0.15) is 6.10 Å². The van der Waals surface area contributed by atoms with E-state index in [1.165, 1.54) is 148 Å². The monoisotopic (exact) mass is 865 g/mol. The van der Waals surface area contributed by atoms with E-state index in [2.05, 4.69) is 71.4 Å². The van der Waals surface area contributed by atoms with E-state index in [1.807, 2.05) is 0 Å². The average Bonchev–Trinajstić information content (AvgIpc) is 3.61. The fourth-order valence-electron chi connectivity index (χ4n) is 13.6. The number of carbonyl (C=O) groups excluding carboxylic acids is 2. The number of fused-ring (bicyclic) bond motifs is 5. The Bertz CT molecular complexity index is 1280. The number of esters is 1. The van der Waals surface area contributed by atoms with Gasteiger partial charge in [0.2, 0.25) is 5.91 Å². The minimum atomic E-state index is -0.0547. The van der Waals surface area contributed by atoms with Crippen molar-refractivity contribution in [3.05, 3.63) is 11.6 Å². The second-order valence-corrected chi connectivity index (χ2v) is 22.8. The molecule has 0 aromatic rings. The molecule has 5 heteroatoms. The maximum Gasteiger partial charge on any atom is 0.306 e. The highest BCUT2D eigenvalue weighted by atomic mass is 16.5. The van der Waals surface area contributed by atoms with Crippen molar-refractivity contribution in [2.24, 2.45) is 46.3 Å². The Morgan fingerprint density at radius 1 is 0.677 bits per heavy atom. The normalized spacial score (nSPS) is 27.5. The minimum absolute atomic E-state index is 0.0212. The van der Waals surface area contributed by atoms with Crippen LogP contribution in [0.2, 0.25) is 0 Å². The molecule has 1 amide bonds. The van der Waals surface area contributed by atoms with Gasteiger partial charge >= 0.3 is 5.97 Å². The molecule has 8 unspecified atom stereocenters. The maximum atomic E-state index is 13.5. The number of hydrogen-bond acceptors (Lipinski definition) is 4. The second kappa shape index (κ2) is 28.6. The van der Waals surface area contributed by atoms with Gasteiger partial charge in [-0.1, -0.05) is 176 Å². The van der Waals surface area contributed by atoms with E-state index in [9.17, 15) is 9.59 Å². The zero-order valence-corrected chi connectivity index (χ0v) is 42.7. The lowest BCUT2D eigenvalue weighted by Gasteiger charge is -2.58. The number of allylic oxidation sites excluding steroid dienone is 1. The Morgan fingerprint density at radius 3 is 1.92 bits per heavy atom. The van der Waals surface area contributed by atoms with Crippen LogP contribution in [0.5, 0.6) is 0 Å². The Hall–Kier alpha value is -1.36. The zero-order valence-electron chi connectivity index (χ0n) is 42.7. The van der Waals surface area contributed by atoms with E-state index in [0.29, 0.717) is 18.3 Å². The predicted molar refractivity (Wildman–Crippen MR) is 265 cm³/mol. The first kappa shape index (κ1) is 53.3. The molecule has 4 aliphatic carbocycles. The lowest BCUT2D eigenvalue weighted by Crippen LogP contribution is -2.51. The molecule has 0 spiro atoms. The summed E-state index contributed by atoms with van der Waals surface area (Å²) in [5, 5.41) is 0. The molecule has 0 aliphatic heterocycles. The molecular formula is C57H104N2O3. The summed E-state index contributed by atoms with van der Waals surface area (Å²) in [5.74, 6) is 5.30. The Morgan fingerprint density at radius 2 is 1.29 bits per heavy atom. The molecule has 0 N–H and O–H groups in total.